The second kappa shape index (κ2) is 6.53. The molecule has 1 aliphatic carbocycles. The molecule has 0 aromatic heterocycles. The molecule has 1 unspecified atom stereocenters. The Bertz CT molecular complexity index is 1010. The van der Waals surface area contributed by atoms with Crippen molar-refractivity contribution in [3.63, 3.8) is 0 Å². The van der Waals surface area contributed by atoms with Crippen molar-refractivity contribution in [3.8, 4) is 0 Å². The van der Waals surface area contributed by atoms with Crippen molar-refractivity contribution >= 4 is 34.0 Å². The van der Waals surface area contributed by atoms with Gasteiger partial charge in [-0.1, -0.05) is 71.9 Å². The van der Waals surface area contributed by atoms with Crippen LogP contribution in [-0.2, 0) is 6.42 Å². The summed E-state index contributed by atoms with van der Waals surface area (Å²) in [6.07, 6.45) is 2.17. The zero-order valence-electron chi connectivity index (χ0n) is 14.2. The first kappa shape index (κ1) is 16.0. The topological polar surface area (TPSA) is 12.0 Å². The summed E-state index contributed by atoms with van der Waals surface area (Å²) >= 11 is 8.03. The Morgan fingerprint density at radius 2 is 1.62 bits per heavy atom. The molecule has 1 aliphatic heterocycles. The monoisotopic (exact) mass is 375 g/mol. The third-order valence-electron chi connectivity index (χ3n) is 5.17. The van der Waals surface area contributed by atoms with E-state index in [0.717, 1.165) is 17.9 Å². The molecule has 26 heavy (non-hydrogen) atoms. The van der Waals surface area contributed by atoms with Gasteiger partial charge in [-0.2, -0.15) is 0 Å². The molecule has 1 atom stereocenters. The Morgan fingerprint density at radius 3 is 2.50 bits per heavy atom. The maximum absolute atomic E-state index is 6.13. The molecule has 1 heterocycles. The highest BCUT2D eigenvalue weighted by Crippen LogP contribution is 2.51. The fourth-order valence-corrected chi connectivity index (χ4v) is 5.27. The summed E-state index contributed by atoms with van der Waals surface area (Å²) in [5.74, 6) is 0. The first-order chi connectivity index (χ1) is 12.8. The van der Waals surface area contributed by atoms with Gasteiger partial charge < -0.3 is 5.32 Å². The van der Waals surface area contributed by atoms with Gasteiger partial charge in [0.15, 0.2) is 0 Å². The summed E-state index contributed by atoms with van der Waals surface area (Å²) in [5, 5.41) is 4.58. The predicted molar refractivity (Wildman–Crippen MR) is 112 cm³/mol. The summed E-state index contributed by atoms with van der Waals surface area (Å²) in [4.78, 5) is 2.69. The van der Waals surface area contributed by atoms with E-state index in [1.165, 1.54) is 37.8 Å². The van der Waals surface area contributed by atoms with Crippen LogP contribution in [0.4, 0.5) is 5.69 Å². The number of fused-ring (bicyclic) bond motifs is 3. The minimum atomic E-state index is 0.173. The molecule has 2 aliphatic rings. The molecule has 1 N–H and O–H groups in total. The van der Waals surface area contributed by atoms with Gasteiger partial charge in [0.05, 0.1) is 6.04 Å². The zero-order valence-corrected chi connectivity index (χ0v) is 15.8. The minimum Gasteiger partial charge on any atom is -0.373 e. The van der Waals surface area contributed by atoms with Crippen LogP contribution >= 0.6 is 23.4 Å². The number of hydrogen-bond acceptors (Lipinski definition) is 2. The van der Waals surface area contributed by atoms with E-state index in [0.29, 0.717) is 0 Å². The van der Waals surface area contributed by atoms with Crippen LogP contribution in [0, 0.1) is 0 Å². The molecule has 0 saturated heterocycles. The molecule has 0 fully saturated rings. The van der Waals surface area contributed by atoms with E-state index in [2.05, 4.69) is 66.0 Å². The zero-order chi connectivity index (χ0) is 17.5. The maximum Gasteiger partial charge on any atom is 0.0741 e. The van der Waals surface area contributed by atoms with E-state index in [9.17, 15) is 0 Å². The van der Waals surface area contributed by atoms with Crippen LogP contribution < -0.4 is 5.32 Å². The van der Waals surface area contributed by atoms with Gasteiger partial charge in [0.1, 0.15) is 0 Å². The van der Waals surface area contributed by atoms with E-state index in [1.807, 2.05) is 23.9 Å². The second-order valence-corrected chi connectivity index (χ2v) is 8.23. The molecule has 0 saturated carbocycles. The second-order valence-electron chi connectivity index (χ2n) is 6.74. The predicted octanol–water partition coefficient (Wildman–Crippen LogP) is 6.96. The highest BCUT2D eigenvalue weighted by atomic mass is 35.5. The van der Waals surface area contributed by atoms with Crippen molar-refractivity contribution in [2.75, 3.05) is 5.32 Å². The van der Waals surface area contributed by atoms with E-state index >= 15 is 0 Å². The minimum absolute atomic E-state index is 0.173. The van der Waals surface area contributed by atoms with Gasteiger partial charge in [-0.3, -0.25) is 0 Å². The summed E-state index contributed by atoms with van der Waals surface area (Å²) in [5.41, 5.74) is 6.78. The number of thioether (sulfide) groups is 1. The Labute approximate surface area is 163 Å². The van der Waals surface area contributed by atoms with E-state index in [1.54, 1.807) is 0 Å². The van der Waals surface area contributed by atoms with Gasteiger partial charge in [0, 0.05) is 20.5 Å². The Balaban J connectivity index is 1.72. The molecular formula is C23H18ClNS. The van der Waals surface area contributed by atoms with E-state index in [-0.39, 0.29) is 6.04 Å². The largest absolute Gasteiger partial charge is 0.373 e. The number of halogens is 1. The third-order valence-corrected chi connectivity index (χ3v) is 6.68. The first-order valence-electron chi connectivity index (χ1n) is 8.90. The van der Waals surface area contributed by atoms with Crippen LogP contribution in [0.1, 0.15) is 29.2 Å². The number of benzene rings is 3. The van der Waals surface area contributed by atoms with Gasteiger partial charge in [0.2, 0.25) is 0 Å². The molecule has 0 amide bonds. The molecular weight excluding hydrogens is 358 g/mol. The normalized spacial score (nSPS) is 18.3. The summed E-state index contributed by atoms with van der Waals surface area (Å²) < 4.78 is 0. The molecule has 0 radical (unpaired) electrons. The first-order valence-corrected chi connectivity index (χ1v) is 10.1. The lowest BCUT2D eigenvalue weighted by molar-refractivity contribution is 0.802. The highest BCUT2D eigenvalue weighted by molar-refractivity contribution is 8.08. The lowest BCUT2D eigenvalue weighted by Crippen LogP contribution is -2.16. The molecule has 0 bridgehead atoms. The van der Waals surface area contributed by atoms with Crippen LogP contribution in [0.3, 0.4) is 0 Å². The number of aryl methyl sites for hydroxylation is 1. The summed E-state index contributed by atoms with van der Waals surface area (Å²) in [6, 6.07) is 25.9. The fourth-order valence-electron chi connectivity index (χ4n) is 3.88. The molecule has 128 valence electrons. The van der Waals surface area contributed by atoms with Crippen LogP contribution in [-0.4, -0.2) is 0 Å². The summed E-state index contributed by atoms with van der Waals surface area (Å²) in [6.45, 7) is 0. The summed E-state index contributed by atoms with van der Waals surface area (Å²) in [7, 11) is 0. The molecule has 1 nitrogen and oxygen atoms in total. The SMILES string of the molecule is Clc1ccc(C2Nc3ccccc3SC3=C2CCc2ccccc23)cc1. The quantitative estimate of drug-likeness (QED) is 0.493. The van der Waals surface area contributed by atoms with Crippen molar-refractivity contribution < 1.29 is 0 Å². The van der Waals surface area contributed by atoms with Crippen molar-refractivity contribution in [2.24, 2.45) is 0 Å². The van der Waals surface area contributed by atoms with E-state index in [4.69, 9.17) is 11.6 Å². The Kier molecular flexibility index (Phi) is 4.03. The van der Waals surface area contributed by atoms with Crippen molar-refractivity contribution in [2.45, 2.75) is 23.8 Å². The third kappa shape index (κ3) is 2.74. The molecule has 3 aromatic carbocycles. The lowest BCUT2D eigenvalue weighted by Gasteiger charge is -2.28. The average molecular weight is 376 g/mol. The Morgan fingerprint density at radius 1 is 0.846 bits per heavy atom. The number of anilines is 1. The maximum atomic E-state index is 6.13. The molecule has 5 rings (SSSR count). The fraction of sp³-hybridized carbons (Fsp3) is 0.130. The average Bonchev–Trinajstić information content (AvgIpc) is 2.85. The number of rotatable bonds is 1. The van der Waals surface area contributed by atoms with Gasteiger partial charge in [-0.15, -0.1) is 0 Å². The van der Waals surface area contributed by atoms with Crippen LogP contribution in [0.2, 0.25) is 5.02 Å². The standard InChI is InChI=1S/C23H18ClNS/c24-17-12-9-16(10-13-17)22-19-14-11-15-5-1-2-6-18(15)23(19)26-21-8-4-3-7-20(21)25-22/h1-10,12-13,22,25H,11,14H2. The lowest BCUT2D eigenvalue weighted by atomic mass is 9.86. The Hall–Kier alpha value is -2.16. The van der Waals surface area contributed by atoms with Crippen LogP contribution in [0.15, 0.2) is 83.3 Å². The molecule has 0 spiro atoms. The molecule has 3 heteroatoms. The van der Waals surface area contributed by atoms with Gasteiger partial charge in [0.25, 0.3) is 0 Å². The highest BCUT2D eigenvalue weighted by Gasteiger charge is 2.29. The van der Waals surface area contributed by atoms with Gasteiger partial charge in [-0.05, 0) is 59.4 Å². The van der Waals surface area contributed by atoms with E-state index < -0.39 is 0 Å². The van der Waals surface area contributed by atoms with Gasteiger partial charge in [-0.25, -0.2) is 0 Å². The smallest absolute Gasteiger partial charge is 0.0741 e. The number of para-hydroxylation sites is 1. The van der Waals surface area contributed by atoms with Gasteiger partial charge >= 0.3 is 0 Å². The number of nitrogens with one attached hydrogen (secondary N) is 1. The molecule has 3 aromatic rings. The van der Waals surface area contributed by atoms with Crippen LogP contribution in [0.25, 0.3) is 4.91 Å². The van der Waals surface area contributed by atoms with Crippen LogP contribution in [0.5, 0.6) is 0 Å². The van der Waals surface area contributed by atoms with Crippen molar-refractivity contribution in [3.05, 3.63) is 100 Å². The number of hydrogen-bond donors (Lipinski definition) is 1. The van der Waals surface area contributed by atoms with Crippen molar-refractivity contribution in [1.29, 1.82) is 0 Å². The van der Waals surface area contributed by atoms with Crippen molar-refractivity contribution in [1.82, 2.24) is 0 Å².